The number of rotatable bonds is 5. The third-order valence-electron chi connectivity index (χ3n) is 17.4. The molecule has 0 radical (unpaired) electrons. The molecule has 0 N–H and O–H groups in total. The minimum absolute atomic E-state index is 0.0134. The molecule has 8 aromatic rings. The van der Waals surface area contributed by atoms with E-state index in [0.29, 0.717) is 0 Å². The topological polar surface area (TPSA) is 9.72 Å². The average Bonchev–Trinajstić information content (AvgIpc) is 3.70. The van der Waals surface area contributed by atoms with Gasteiger partial charge in [0, 0.05) is 54.7 Å². The Labute approximate surface area is 428 Å². The van der Waals surface area contributed by atoms with E-state index >= 15 is 0 Å². The van der Waals surface area contributed by atoms with Crippen molar-refractivity contribution in [2.24, 2.45) is 0 Å². The molecule has 7 aromatic carbocycles. The number of benzene rings is 7. The van der Waals surface area contributed by atoms with Gasteiger partial charge in [0.1, 0.15) is 0 Å². The Kier molecular flexibility index (Phi) is 10.2. The van der Waals surface area contributed by atoms with Crippen molar-refractivity contribution in [3.05, 3.63) is 178 Å². The van der Waals surface area contributed by atoms with Gasteiger partial charge in [0.05, 0.1) is 11.4 Å². The number of aryl methyl sites for hydroxylation is 2. The fourth-order valence-corrected chi connectivity index (χ4v) is 14.4. The summed E-state index contributed by atoms with van der Waals surface area (Å²) in [5.74, 6) is 0. The quantitative estimate of drug-likeness (QED) is 0.159. The molecular formula is C66H70BN3S. The second-order valence-electron chi connectivity index (χ2n) is 25.3. The van der Waals surface area contributed by atoms with Crippen LogP contribution in [0.3, 0.4) is 0 Å². The zero-order chi connectivity index (χ0) is 49.7. The monoisotopic (exact) mass is 948 g/mol. The summed E-state index contributed by atoms with van der Waals surface area (Å²) in [7, 11) is 0. The van der Waals surface area contributed by atoms with Gasteiger partial charge in [0.15, 0.2) is 0 Å². The van der Waals surface area contributed by atoms with Gasteiger partial charge in [0.2, 0.25) is 0 Å². The highest BCUT2D eigenvalue weighted by Gasteiger charge is 2.50. The third-order valence-corrected chi connectivity index (χ3v) is 18.7. The average molecular weight is 948 g/mol. The van der Waals surface area contributed by atoms with Gasteiger partial charge in [-0.2, -0.15) is 0 Å². The molecule has 5 heteroatoms. The summed E-state index contributed by atoms with van der Waals surface area (Å²) >= 11 is 2.01. The van der Waals surface area contributed by atoms with Crippen molar-refractivity contribution in [1.29, 1.82) is 0 Å². The van der Waals surface area contributed by atoms with Crippen molar-refractivity contribution < 1.29 is 0 Å². The lowest BCUT2D eigenvalue weighted by Crippen LogP contribution is -2.61. The van der Waals surface area contributed by atoms with Crippen molar-refractivity contribution in [2.75, 3.05) is 14.7 Å². The smallest absolute Gasteiger partial charge is 0.264 e. The van der Waals surface area contributed by atoms with E-state index in [2.05, 4.69) is 244 Å². The van der Waals surface area contributed by atoms with Gasteiger partial charge in [-0.1, -0.05) is 155 Å². The highest BCUT2D eigenvalue weighted by atomic mass is 32.1. The number of hydrogen-bond acceptors (Lipinski definition) is 4. The summed E-state index contributed by atoms with van der Waals surface area (Å²) < 4.78 is 2.76. The van der Waals surface area contributed by atoms with Crippen LogP contribution in [0.1, 0.15) is 141 Å². The third kappa shape index (κ3) is 7.10. The zero-order valence-corrected chi connectivity index (χ0v) is 45.3. The largest absolute Gasteiger partial charge is 0.311 e. The number of anilines is 9. The van der Waals surface area contributed by atoms with Crippen LogP contribution in [0.5, 0.6) is 0 Å². The molecule has 3 nitrogen and oxygen atoms in total. The maximum atomic E-state index is 2.78. The molecule has 1 aromatic heterocycles. The number of thiophene rings is 1. The maximum absolute atomic E-state index is 2.78. The highest BCUT2D eigenvalue weighted by molar-refractivity contribution is 7.33. The molecule has 0 amide bonds. The Balaban J connectivity index is 1.27. The summed E-state index contributed by atoms with van der Waals surface area (Å²) in [6, 6.07) is 54.3. The molecular weight excluding hydrogens is 878 g/mol. The van der Waals surface area contributed by atoms with Gasteiger partial charge in [-0.3, -0.25) is 0 Å². The molecule has 0 saturated carbocycles. The van der Waals surface area contributed by atoms with Crippen LogP contribution in [-0.4, -0.2) is 6.71 Å². The van der Waals surface area contributed by atoms with E-state index in [0.717, 1.165) is 36.3 Å². The molecule has 0 saturated heterocycles. The Morgan fingerprint density at radius 3 is 1.75 bits per heavy atom. The molecule has 358 valence electrons. The van der Waals surface area contributed by atoms with E-state index in [-0.39, 0.29) is 33.8 Å². The first-order chi connectivity index (χ1) is 33.6. The lowest BCUT2D eigenvalue weighted by Gasteiger charge is -2.50. The summed E-state index contributed by atoms with van der Waals surface area (Å²) in [6.07, 6.45) is 4.64. The lowest BCUT2D eigenvalue weighted by molar-refractivity contribution is 0.331. The van der Waals surface area contributed by atoms with Crippen molar-refractivity contribution in [1.82, 2.24) is 0 Å². The predicted molar refractivity (Wildman–Crippen MR) is 309 cm³/mol. The van der Waals surface area contributed by atoms with E-state index in [4.69, 9.17) is 0 Å². The molecule has 0 unspecified atom stereocenters. The first kappa shape index (κ1) is 46.1. The van der Waals surface area contributed by atoms with Gasteiger partial charge in [-0.25, -0.2) is 0 Å². The molecule has 0 fully saturated rings. The molecule has 0 bridgehead atoms. The molecule has 4 aliphatic rings. The Bertz CT molecular complexity index is 3420. The Morgan fingerprint density at radius 1 is 0.521 bits per heavy atom. The first-order valence-corrected chi connectivity index (χ1v) is 27.1. The molecule has 0 atom stereocenters. The second-order valence-corrected chi connectivity index (χ2v) is 26.3. The first-order valence-electron chi connectivity index (χ1n) is 26.3. The van der Waals surface area contributed by atoms with Crippen LogP contribution in [0.15, 0.2) is 140 Å². The van der Waals surface area contributed by atoms with Gasteiger partial charge < -0.3 is 14.7 Å². The van der Waals surface area contributed by atoms with Crippen LogP contribution in [-0.2, 0) is 27.1 Å². The van der Waals surface area contributed by atoms with Crippen LogP contribution in [0.4, 0.5) is 51.2 Å². The molecule has 2 aliphatic heterocycles. The van der Waals surface area contributed by atoms with Crippen molar-refractivity contribution in [2.45, 2.75) is 143 Å². The lowest BCUT2D eigenvalue weighted by atomic mass is 9.35. The molecule has 71 heavy (non-hydrogen) atoms. The van der Waals surface area contributed by atoms with Gasteiger partial charge in [0.25, 0.3) is 6.71 Å². The zero-order valence-electron chi connectivity index (χ0n) is 44.4. The summed E-state index contributed by atoms with van der Waals surface area (Å²) in [5, 5.41) is 1.33. The molecule has 3 heterocycles. The summed E-state index contributed by atoms with van der Waals surface area (Å²) in [6.45, 7) is 31.5. The van der Waals surface area contributed by atoms with Crippen LogP contribution in [0.2, 0.25) is 0 Å². The van der Waals surface area contributed by atoms with Gasteiger partial charge in [-0.15, -0.1) is 11.3 Å². The van der Waals surface area contributed by atoms with Crippen molar-refractivity contribution in [3.8, 4) is 0 Å². The Morgan fingerprint density at radius 2 is 1.11 bits per heavy atom. The number of para-hydroxylation sites is 2. The van der Waals surface area contributed by atoms with E-state index in [1.807, 2.05) is 11.3 Å². The van der Waals surface area contributed by atoms with Crippen LogP contribution in [0.25, 0.3) is 10.1 Å². The second kappa shape index (κ2) is 15.7. The fourth-order valence-electron chi connectivity index (χ4n) is 13.1. The summed E-state index contributed by atoms with van der Waals surface area (Å²) in [5.41, 5.74) is 23.9. The predicted octanol–water partition coefficient (Wildman–Crippen LogP) is 17.1. The standard InChI is InChI=1S/C66H70BN3S/c1-41-24-31-56-48(36-41)59-61(71-56)67-52-29-28-50-57(66(12,13)35-34-64(50,8)9)60(52)69(46-26-27-49-51(38-46)65(10,11)33-32-63(49,6)7)54-39-47(68(44-20-16-14-17-21-44)45-22-18-15-19-23-45)40-55(58(54)67)70(59)53-30-25-43(37-42(53)2)62(3,4)5/h14-31,36-40H,32-35H2,1-13H3. The van der Waals surface area contributed by atoms with Crippen molar-refractivity contribution in [3.63, 3.8) is 0 Å². The fraction of sp³-hybridized carbons (Fsp3) is 0.333. The number of fused-ring (bicyclic) bond motifs is 9. The SMILES string of the molecule is Cc1ccc2sc3c(c2c1)N(c1ccc(C(C)(C)C)cc1C)c1cc(N(c2ccccc2)c2ccccc2)cc2c1B3c1ccc3c(c1N2c1ccc2c(c1)C(C)(C)CCC2(C)C)C(C)(C)CCC3(C)C. The van der Waals surface area contributed by atoms with Crippen molar-refractivity contribution >= 4 is 95.0 Å². The maximum Gasteiger partial charge on any atom is 0.264 e. The number of hydrogen-bond donors (Lipinski definition) is 0. The highest BCUT2D eigenvalue weighted by Crippen LogP contribution is 2.57. The van der Waals surface area contributed by atoms with Crippen LogP contribution < -0.4 is 30.4 Å². The molecule has 2 aliphatic carbocycles. The Hall–Kier alpha value is -6.04. The molecule has 12 rings (SSSR count). The van der Waals surface area contributed by atoms with Gasteiger partial charge in [-0.05, 0) is 178 Å². The minimum atomic E-state index is -0.0608. The molecule has 0 spiro atoms. The summed E-state index contributed by atoms with van der Waals surface area (Å²) in [4.78, 5) is 7.96. The van der Waals surface area contributed by atoms with Crippen LogP contribution >= 0.6 is 11.3 Å². The van der Waals surface area contributed by atoms with E-state index < -0.39 is 0 Å². The van der Waals surface area contributed by atoms with Gasteiger partial charge >= 0.3 is 0 Å². The normalized spacial score (nSPS) is 17.8. The minimum Gasteiger partial charge on any atom is -0.311 e. The van der Waals surface area contributed by atoms with Crippen LogP contribution in [0, 0.1) is 13.8 Å². The van der Waals surface area contributed by atoms with E-state index in [1.54, 1.807) is 0 Å². The van der Waals surface area contributed by atoms with E-state index in [1.165, 1.54) is 105 Å². The van der Waals surface area contributed by atoms with E-state index in [9.17, 15) is 0 Å². The number of nitrogens with zero attached hydrogens (tertiary/aromatic N) is 3.